The van der Waals surface area contributed by atoms with Gasteiger partial charge in [-0.25, -0.2) is 9.97 Å². The van der Waals surface area contributed by atoms with E-state index in [0.717, 1.165) is 21.5 Å². The first-order chi connectivity index (χ1) is 14.4. The predicted molar refractivity (Wildman–Crippen MR) is 122 cm³/mol. The van der Waals surface area contributed by atoms with Crippen LogP contribution in [0.15, 0.2) is 40.3 Å². The molecule has 0 radical (unpaired) electrons. The van der Waals surface area contributed by atoms with Crippen LogP contribution in [0.4, 0.5) is 0 Å². The average Bonchev–Trinajstić information content (AvgIpc) is 3.06. The molecule has 154 valence electrons. The first-order valence-corrected chi connectivity index (χ1v) is 11.4. The number of pyridine rings is 1. The third kappa shape index (κ3) is 3.82. The Labute approximate surface area is 185 Å². The van der Waals surface area contributed by atoms with E-state index in [-0.39, 0.29) is 17.3 Å². The fourth-order valence-corrected chi connectivity index (χ4v) is 5.34. The number of halogens is 1. The first kappa shape index (κ1) is 20.8. The van der Waals surface area contributed by atoms with Crippen LogP contribution in [0.2, 0.25) is 5.02 Å². The van der Waals surface area contributed by atoms with Gasteiger partial charge in [0.25, 0.3) is 5.56 Å². The maximum absolute atomic E-state index is 13.5. The zero-order valence-electron chi connectivity index (χ0n) is 16.6. The Hall–Kier alpha value is -2.42. The smallest absolute Gasteiger partial charge is 0.316 e. The SMILES string of the molecule is CCOC(=O)CSc1nc2c(sc3nc(C)cc(C)c32)c(=O)n1-c1ccc(Cl)cc1. The Bertz CT molecular complexity index is 1330. The highest BCUT2D eigenvalue weighted by molar-refractivity contribution is 7.99. The normalized spacial score (nSPS) is 11.3. The summed E-state index contributed by atoms with van der Waals surface area (Å²) < 4.78 is 7.07. The number of benzene rings is 1. The van der Waals surface area contributed by atoms with Crippen molar-refractivity contribution >= 4 is 61.1 Å². The molecule has 1 aromatic carbocycles. The molecule has 0 fully saturated rings. The summed E-state index contributed by atoms with van der Waals surface area (Å²) in [5, 5.41) is 1.86. The highest BCUT2D eigenvalue weighted by Gasteiger charge is 2.20. The number of nitrogens with zero attached hydrogens (tertiary/aromatic N) is 3. The van der Waals surface area contributed by atoms with Crippen LogP contribution in [0.5, 0.6) is 0 Å². The molecule has 0 atom stereocenters. The lowest BCUT2D eigenvalue weighted by Gasteiger charge is -2.12. The number of hydrogen-bond acceptors (Lipinski definition) is 7. The molecular formula is C21H18ClN3O3S2. The zero-order valence-corrected chi connectivity index (χ0v) is 19.0. The summed E-state index contributed by atoms with van der Waals surface area (Å²) in [5.74, 6) is -0.305. The van der Waals surface area contributed by atoms with Gasteiger partial charge in [-0.1, -0.05) is 23.4 Å². The van der Waals surface area contributed by atoms with Crippen molar-refractivity contribution in [2.75, 3.05) is 12.4 Å². The van der Waals surface area contributed by atoms with Gasteiger partial charge in [0.1, 0.15) is 9.53 Å². The van der Waals surface area contributed by atoms with Gasteiger partial charge < -0.3 is 4.74 Å². The van der Waals surface area contributed by atoms with Gasteiger partial charge in [0.05, 0.1) is 23.6 Å². The minimum absolute atomic E-state index is 0.0534. The molecule has 3 heterocycles. The molecule has 0 spiro atoms. The molecule has 0 N–H and O–H groups in total. The Morgan fingerprint density at radius 2 is 1.97 bits per heavy atom. The van der Waals surface area contributed by atoms with E-state index < -0.39 is 0 Å². The quantitative estimate of drug-likeness (QED) is 0.239. The monoisotopic (exact) mass is 459 g/mol. The highest BCUT2D eigenvalue weighted by atomic mass is 35.5. The van der Waals surface area contributed by atoms with Crippen LogP contribution < -0.4 is 5.56 Å². The van der Waals surface area contributed by atoms with Crippen molar-refractivity contribution < 1.29 is 9.53 Å². The van der Waals surface area contributed by atoms with Crippen molar-refractivity contribution in [1.82, 2.24) is 14.5 Å². The number of aryl methyl sites for hydroxylation is 2. The van der Waals surface area contributed by atoms with Crippen LogP contribution in [0.3, 0.4) is 0 Å². The number of ether oxygens (including phenoxy) is 1. The molecule has 9 heteroatoms. The van der Waals surface area contributed by atoms with E-state index in [2.05, 4.69) is 4.98 Å². The van der Waals surface area contributed by atoms with Crippen molar-refractivity contribution in [1.29, 1.82) is 0 Å². The molecule has 30 heavy (non-hydrogen) atoms. The van der Waals surface area contributed by atoms with E-state index >= 15 is 0 Å². The summed E-state index contributed by atoms with van der Waals surface area (Å²) in [7, 11) is 0. The molecule has 4 rings (SSSR count). The second kappa shape index (κ2) is 8.37. The van der Waals surface area contributed by atoms with Gasteiger partial charge >= 0.3 is 5.97 Å². The molecule has 6 nitrogen and oxygen atoms in total. The van der Waals surface area contributed by atoms with Gasteiger partial charge in [0, 0.05) is 16.1 Å². The summed E-state index contributed by atoms with van der Waals surface area (Å²) >= 11 is 8.53. The minimum atomic E-state index is -0.358. The van der Waals surface area contributed by atoms with Crippen molar-refractivity contribution in [3.8, 4) is 5.69 Å². The number of rotatable bonds is 5. The van der Waals surface area contributed by atoms with Crippen molar-refractivity contribution in [3.63, 3.8) is 0 Å². The Morgan fingerprint density at radius 1 is 1.23 bits per heavy atom. The van der Waals surface area contributed by atoms with Crippen LogP contribution in [0.1, 0.15) is 18.2 Å². The van der Waals surface area contributed by atoms with Gasteiger partial charge in [-0.15, -0.1) is 11.3 Å². The van der Waals surface area contributed by atoms with E-state index in [0.29, 0.717) is 32.7 Å². The van der Waals surface area contributed by atoms with Crippen LogP contribution in [-0.2, 0) is 9.53 Å². The molecule has 0 saturated carbocycles. The molecule has 4 aromatic rings. The molecule has 0 unspecified atom stereocenters. The number of fused-ring (bicyclic) bond motifs is 3. The van der Waals surface area contributed by atoms with Crippen molar-refractivity contribution in [2.24, 2.45) is 0 Å². The second-order valence-electron chi connectivity index (χ2n) is 6.65. The number of hydrogen-bond donors (Lipinski definition) is 0. The zero-order chi connectivity index (χ0) is 21.4. The number of aromatic nitrogens is 3. The predicted octanol–water partition coefficient (Wildman–Crippen LogP) is 4.92. The first-order valence-electron chi connectivity index (χ1n) is 9.27. The lowest BCUT2D eigenvalue weighted by Crippen LogP contribution is -2.21. The summed E-state index contributed by atoms with van der Waals surface area (Å²) in [6, 6.07) is 8.92. The van der Waals surface area contributed by atoms with Crippen LogP contribution in [-0.4, -0.2) is 32.9 Å². The second-order valence-corrected chi connectivity index (χ2v) is 9.02. The number of thiophene rings is 1. The molecule has 0 aliphatic rings. The van der Waals surface area contributed by atoms with E-state index in [4.69, 9.17) is 21.3 Å². The Morgan fingerprint density at radius 3 is 2.67 bits per heavy atom. The van der Waals surface area contributed by atoms with E-state index in [9.17, 15) is 9.59 Å². The van der Waals surface area contributed by atoms with Gasteiger partial charge in [0.15, 0.2) is 5.16 Å². The lowest BCUT2D eigenvalue weighted by atomic mass is 10.1. The number of esters is 1. The molecule has 0 bridgehead atoms. The lowest BCUT2D eigenvalue weighted by molar-refractivity contribution is -0.139. The van der Waals surface area contributed by atoms with E-state index in [1.807, 2.05) is 19.9 Å². The summed E-state index contributed by atoms with van der Waals surface area (Å²) in [6.45, 7) is 5.97. The molecule has 3 aromatic heterocycles. The van der Waals surface area contributed by atoms with E-state index in [1.165, 1.54) is 27.7 Å². The maximum atomic E-state index is 13.5. The summed E-state index contributed by atoms with van der Waals surface area (Å²) in [5.41, 5.74) is 2.95. The van der Waals surface area contributed by atoms with Crippen LogP contribution in [0, 0.1) is 13.8 Å². The van der Waals surface area contributed by atoms with Gasteiger partial charge in [-0.05, 0) is 56.7 Å². The Balaban J connectivity index is 1.97. The molecule has 0 amide bonds. The van der Waals surface area contributed by atoms with Gasteiger partial charge in [0.2, 0.25) is 0 Å². The number of carbonyl (C=O) groups excluding carboxylic acids is 1. The van der Waals surface area contributed by atoms with Gasteiger partial charge in [-0.2, -0.15) is 0 Å². The fourth-order valence-electron chi connectivity index (χ4n) is 3.25. The fraction of sp³-hybridized carbons (Fsp3) is 0.238. The Kier molecular flexibility index (Phi) is 5.81. The topological polar surface area (TPSA) is 74.1 Å². The number of carbonyl (C=O) groups is 1. The van der Waals surface area contributed by atoms with Crippen LogP contribution in [0.25, 0.3) is 26.1 Å². The standard InChI is InChI=1S/C21H18ClN3O3S2/c1-4-28-15(26)10-29-21-24-17-16-11(2)9-12(3)23-19(16)30-18(17)20(27)25(21)14-7-5-13(22)6-8-14/h5-9H,4,10H2,1-3H3. The van der Waals surface area contributed by atoms with Crippen molar-refractivity contribution in [2.45, 2.75) is 25.9 Å². The molecule has 0 aliphatic carbocycles. The average molecular weight is 460 g/mol. The highest BCUT2D eigenvalue weighted by Crippen LogP contribution is 2.34. The van der Waals surface area contributed by atoms with Crippen LogP contribution >= 0.6 is 34.7 Å². The molecular weight excluding hydrogens is 442 g/mol. The third-order valence-corrected chi connectivity index (χ3v) is 6.69. The summed E-state index contributed by atoms with van der Waals surface area (Å²) in [4.78, 5) is 35.6. The van der Waals surface area contributed by atoms with Gasteiger partial charge in [-0.3, -0.25) is 14.2 Å². The maximum Gasteiger partial charge on any atom is 0.316 e. The third-order valence-electron chi connectivity index (χ3n) is 4.47. The van der Waals surface area contributed by atoms with Crippen molar-refractivity contribution in [3.05, 3.63) is 57.0 Å². The minimum Gasteiger partial charge on any atom is -0.465 e. The number of thioether (sulfide) groups is 1. The van der Waals surface area contributed by atoms with E-state index in [1.54, 1.807) is 31.2 Å². The molecule has 0 saturated heterocycles. The molecule has 0 aliphatic heterocycles. The largest absolute Gasteiger partial charge is 0.465 e. The summed E-state index contributed by atoms with van der Waals surface area (Å²) in [6.07, 6.45) is 0.